The lowest BCUT2D eigenvalue weighted by Gasteiger charge is -2.19. The highest BCUT2D eigenvalue weighted by Crippen LogP contribution is 2.31. The second-order valence-electron chi connectivity index (χ2n) is 7.33. The number of hydrogen-bond donors (Lipinski definition) is 3. The molecular formula is C24H29N3O5. The van der Waals surface area contributed by atoms with Crippen LogP contribution in [0.5, 0.6) is 17.2 Å². The summed E-state index contributed by atoms with van der Waals surface area (Å²) in [4.78, 5) is 17.3. The number of nitrogens with one attached hydrogen (secondary N) is 1. The molecule has 170 valence electrons. The van der Waals surface area contributed by atoms with Crippen molar-refractivity contribution in [2.75, 3.05) is 32.7 Å². The molecule has 8 nitrogen and oxygen atoms in total. The molecular weight excluding hydrogens is 410 g/mol. The Kier molecular flexibility index (Phi) is 7.72. The number of aryl methyl sites for hydroxylation is 1. The monoisotopic (exact) mass is 439 g/mol. The number of carbonyl (C=O) groups excluding carboxylic acids is 1. The standard InChI is InChI=1S/C24H29N3O5/c1-4-17(14-32-21-7-5-6-19-23(21)18(25)12-15(2)26-19)27-24(29)16-8-9-20(31-11-10-28)22(13-16)30-3/h5-9,12-13,17,28H,4,10-11,14H2,1-3H3,(H2,25,26)(H,27,29). The summed E-state index contributed by atoms with van der Waals surface area (Å²) in [7, 11) is 1.50. The molecule has 0 aliphatic carbocycles. The molecule has 0 saturated carbocycles. The fourth-order valence-electron chi connectivity index (χ4n) is 3.35. The van der Waals surface area contributed by atoms with Gasteiger partial charge in [-0.2, -0.15) is 0 Å². The summed E-state index contributed by atoms with van der Waals surface area (Å²) in [6.45, 7) is 4.19. The van der Waals surface area contributed by atoms with Crippen LogP contribution in [0.2, 0.25) is 0 Å². The zero-order chi connectivity index (χ0) is 23.1. The zero-order valence-electron chi connectivity index (χ0n) is 18.6. The molecule has 1 unspecified atom stereocenters. The molecule has 0 aliphatic rings. The van der Waals surface area contributed by atoms with Gasteiger partial charge >= 0.3 is 0 Å². The van der Waals surface area contributed by atoms with Crippen molar-refractivity contribution in [2.45, 2.75) is 26.3 Å². The smallest absolute Gasteiger partial charge is 0.251 e. The normalized spacial score (nSPS) is 11.8. The number of nitrogens with zero attached hydrogens (tertiary/aromatic N) is 1. The van der Waals surface area contributed by atoms with Crippen LogP contribution in [-0.2, 0) is 0 Å². The third-order valence-electron chi connectivity index (χ3n) is 5.00. The minimum absolute atomic E-state index is 0.110. The number of nitrogens with two attached hydrogens (primary N) is 1. The Morgan fingerprint density at radius 2 is 1.97 bits per heavy atom. The highest BCUT2D eigenvalue weighted by Gasteiger charge is 2.17. The van der Waals surface area contributed by atoms with Crippen LogP contribution in [0.25, 0.3) is 10.9 Å². The van der Waals surface area contributed by atoms with Gasteiger partial charge in [-0.05, 0) is 49.7 Å². The number of ether oxygens (including phenoxy) is 3. The zero-order valence-corrected chi connectivity index (χ0v) is 18.6. The first-order valence-corrected chi connectivity index (χ1v) is 10.5. The van der Waals surface area contributed by atoms with Crippen molar-refractivity contribution in [3.63, 3.8) is 0 Å². The number of aliphatic hydroxyl groups excluding tert-OH is 1. The topological polar surface area (TPSA) is 116 Å². The van der Waals surface area contributed by atoms with E-state index in [1.54, 1.807) is 18.2 Å². The summed E-state index contributed by atoms with van der Waals surface area (Å²) in [5.74, 6) is 1.27. The largest absolute Gasteiger partial charge is 0.493 e. The van der Waals surface area contributed by atoms with E-state index in [1.807, 2.05) is 38.1 Å². The minimum atomic E-state index is -0.248. The molecule has 32 heavy (non-hydrogen) atoms. The number of pyridine rings is 1. The summed E-state index contributed by atoms with van der Waals surface area (Å²) in [5, 5.41) is 12.7. The number of amides is 1. The van der Waals surface area contributed by atoms with E-state index in [-0.39, 0.29) is 31.8 Å². The van der Waals surface area contributed by atoms with Gasteiger partial charge < -0.3 is 30.4 Å². The molecule has 1 atom stereocenters. The Labute approximate surface area is 187 Å². The van der Waals surface area contributed by atoms with Crippen molar-refractivity contribution in [1.82, 2.24) is 10.3 Å². The van der Waals surface area contributed by atoms with Gasteiger partial charge in [0.05, 0.1) is 30.7 Å². The molecule has 0 spiro atoms. The molecule has 3 aromatic rings. The number of anilines is 1. The van der Waals surface area contributed by atoms with Crippen molar-refractivity contribution < 1.29 is 24.1 Å². The number of nitrogen functional groups attached to an aromatic ring is 1. The number of carbonyl (C=O) groups is 1. The molecule has 0 bridgehead atoms. The SMILES string of the molecule is CCC(COc1cccc2nc(C)cc(N)c12)NC(=O)c1ccc(OCCO)c(OC)c1. The highest BCUT2D eigenvalue weighted by atomic mass is 16.5. The Bertz CT molecular complexity index is 1090. The van der Waals surface area contributed by atoms with Gasteiger partial charge in [0.15, 0.2) is 11.5 Å². The summed E-state index contributed by atoms with van der Waals surface area (Å²) in [6, 6.07) is 12.1. The van der Waals surface area contributed by atoms with Crippen molar-refractivity contribution in [2.24, 2.45) is 0 Å². The fourth-order valence-corrected chi connectivity index (χ4v) is 3.35. The van der Waals surface area contributed by atoms with Crippen LogP contribution in [0.15, 0.2) is 42.5 Å². The van der Waals surface area contributed by atoms with E-state index in [2.05, 4.69) is 10.3 Å². The fraction of sp³-hybridized carbons (Fsp3) is 0.333. The van der Waals surface area contributed by atoms with Crippen LogP contribution in [0.1, 0.15) is 29.4 Å². The van der Waals surface area contributed by atoms with Gasteiger partial charge in [0.2, 0.25) is 0 Å². The Balaban J connectivity index is 1.70. The number of methoxy groups -OCH3 is 1. The predicted molar refractivity (Wildman–Crippen MR) is 124 cm³/mol. The van der Waals surface area contributed by atoms with Crippen molar-refractivity contribution in [3.05, 3.63) is 53.7 Å². The second kappa shape index (κ2) is 10.7. The highest BCUT2D eigenvalue weighted by molar-refractivity contribution is 5.96. The van der Waals surface area contributed by atoms with Crippen molar-refractivity contribution in [1.29, 1.82) is 0 Å². The van der Waals surface area contributed by atoms with Crippen molar-refractivity contribution in [3.8, 4) is 17.2 Å². The van der Waals surface area contributed by atoms with Gasteiger partial charge in [0, 0.05) is 16.9 Å². The van der Waals surface area contributed by atoms with Crippen LogP contribution >= 0.6 is 0 Å². The average Bonchev–Trinajstić information content (AvgIpc) is 2.79. The molecule has 1 heterocycles. The molecule has 0 fully saturated rings. The average molecular weight is 440 g/mol. The van der Waals surface area contributed by atoms with E-state index in [4.69, 9.17) is 25.1 Å². The molecule has 1 amide bonds. The van der Waals surface area contributed by atoms with Gasteiger partial charge in [0.1, 0.15) is 19.0 Å². The van der Waals surface area contributed by atoms with Crippen LogP contribution < -0.4 is 25.3 Å². The van der Waals surface area contributed by atoms with E-state index in [0.717, 1.165) is 16.6 Å². The van der Waals surface area contributed by atoms with Gasteiger partial charge in [-0.1, -0.05) is 13.0 Å². The Morgan fingerprint density at radius 1 is 1.16 bits per heavy atom. The van der Waals surface area contributed by atoms with Gasteiger partial charge in [-0.3, -0.25) is 9.78 Å². The molecule has 0 aliphatic heterocycles. The number of aromatic nitrogens is 1. The predicted octanol–water partition coefficient (Wildman–Crippen LogP) is 3.09. The van der Waals surface area contributed by atoms with E-state index >= 15 is 0 Å². The number of hydrogen-bond acceptors (Lipinski definition) is 7. The van der Waals surface area contributed by atoms with Gasteiger partial charge in [-0.25, -0.2) is 0 Å². The third-order valence-corrected chi connectivity index (χ3v) is 5.00. The van der Waals surface area contributed by atoms with Gasteiger partial charge in [-0.15, -0.1) is 0 Å². The third kappa shape index (κ3) is 5.39. The minimum Gasteiger partial charge on any atom is -0.493 e. The van der Waals surface area contributed by atoms with E-state index in [9.17, 15) is 4.79 Å². The summed E-state index contributed by atoms with van der Waals surface area (Å²) < 4.78 is 16.7. The Hall–Kier alpha value is -3.52. The molecule has 8 heteroatoms. The van der Waals surface area contributed by atoms with Gasteiger partial charge in [0.25, 0.3) is 5.91 Å². The maximum absolute atomic E-state index is 12.8. The molecule has 3 rings (SSSR count). The molecule has 2 aromatic carbocycles. The van der Waals surface area contributed by atoms with Crippen LogP contribution in [0.4, 0.5) is 5.69 Å². The first kappa shape index (κ1) is 23.1. The maximum atomic E-state index is 12.8. The lowest BCUT2D eigenvalue weighted by atomic mass is 10.1. The lowest BCUT2D eigenvalue weighted by molar-refractivity contribution is 0.0920. The van der Waals surface area contributed by atoms with E-state index in [0.29, 0.717) is 34.9 Å². The first-order valence-electron chi connectivity index (χ1n) is 10.5. The summed E-state index contributed by atoms with van der Waals surface area (Å²) in [6.07, 6.45) is 0.679. The quantitative estimate of drug-likeness (QED) is 0.444. The Morgan fingerprint density at radius 3 is 2.69 bits per heavy atom. The molecule has 0 saturated heterocycles. The van der Waals surface area contributed by atoms with Crippen molar-refractivity contribution >= 4 is 22.5 Å². The number of aliphatic hydroxyl groups is 1. The van der Waals surface area contributed by atoms with Crippen LogP contribution in [0.3, 0.4) is 0 Å². The maximum Gasteiger partial charge on any atom is 0.251 e. The summed E-state index contributed by atoms with van der Waals surface area (Å²) >= 11 is 0. The van der Waals surface area contributed by atoms with Crippen LogP contribution in [0, 0.1) is 6.92 Å². The van der Waals surface area contributed by atoms with Crippen LogP contribution in [-0.4, -0.2) is 49.0 Å². The lowest BCUT2D eigenvalue weighted by Crippen LogP contribution is -2.38. The van der Waals surface area contributed by atoms with E-state index in [1.165, 1.54) is 7.11 Å². The first-order chi connectivity index (χ1) is 15.5. The number of fused-ring (bicyclic) bond motifs is 1. The molecule has 4 N–H and O–H groups in total. The number of rotatable bonds is 10. The molecule has 0 radical (unpaired) electrons. The number of benzene rings is 2. The second-order valence-corrected chi connectivity index (χ2v) is 7.33. The van der Waals surface area contributed by atoms with E-state index < -0.39 is 0 Å². The molecule has 1 aromatic heterocycles. The summed E-state index contributed by atoms with van der Waals surface area (Å²) in [5.41, 5.74) is 8.85.